The van der Waals surface area contributed by atoms with E-state index in [1.165, 1.54) is 7.11 Å². The van der Waals surface area contributed by atoms with E-state index in [2.05, 4.69) is 4.89 Å². The third-order valence-corrected chi connectivity index (χ3v) is 1.22. The molecule has 0 spiro atoms. The zero-order valence-corrected chi connectivity index (χ0v) is 7.35. The Morgan fingerprint density at radius 3 is 2.58 bits per heavy atom. The Labute approximate surface area is 81.1 Å². The number of hydrogen-bond donors (Lipinski definition) is 0. The maximum Gasteiger partial charge on any atom is 0.175 e. The Hall–Kier alpha value is -0.831. The molecule has 0 fully saturated rings. The van der Waals surface area contributed by atoms with Crippen LogP contribution in [-0.2, 0) is 22.0 Å². The van der Waals surface area contributed by atoms with Gasteiger partial charge in [-0.3, -0.25) is 4.79 Å². The fraction of sp³-hybridized carbons (Fsp3) is 0.125. The fourth-order valence-corrected chi connectivity index (χ4v) is 0.744. The molecule has 0 aliphatic heterocycles. The molecule has 4 heteroatoms. The molecule has 0 saturated carbocycles. The minimum absolute atomic E-state index is 0. The molecular formula is C8H8CuO3. The number of carbonyl (C=O) groups is 1. The molecule has 3 nitrogen and oxygen atoms in total. The summed E-state index contributed by atoms with van der Waals surface area (Å²) < 4.78 is 0. The molecule has 1 aromatic rings. The van der Waals surface area contributed by atoms with Gasteiger partial charge in [-0.15, -0.1) is 0 Å². The summed E-state index contributed by atoms with van der Waals surface area (Å²) in [5, 5.41) is 0. The van der Waals surface area contributed by atoms with Crippen LogP contribution >= 0.6 is 0 Å². The zero-order chi connectivity index (χ0) is 8.10. The summed E-state index contributed by atoms with van der Waals surface area (Å²) in [5.74, 6) is 0.435. The predicted molar refractivity (Wildman–Crippen MR) is 39.5 cm³/mol. The predicted octanol–water partition coefficient (Wildman–Crippen LogP) is 1.44. The average molecular weight is 216 g/mol. The van der Waals surface area contributed by atoms with Crippen LogP contribution < -0.4 is 4.89 Å². The third-order valence-electron chi connectivity index (χ3n) is 1.22. The normalized spacial score (nSPS) is 8.42. The van der Waals surface area contributed by atoms with Crippen molar-refractivity contribution in [3.63, 3.8) is 0 Å². The number of rotatable bonds is 3. The van der Waals surface area contributed by atoms with Gasteiger partial charge in [-0.25, -0.2) is 0 Å². The molecule has 0 unspecified atom stereocenters. The van der Waals surface area contributed by atoms with Crippen LogP contribution in [-0.4, -0.2) is 13.4 Å². The van der Waals surface area contributed by atoms with E-state index >= 15 is 0 Å². The van der Waals surface area contributed by atoms with Gasteiger partial charge in [0.15, 0.2) is 12.0 Å². The SMILES string of the molecule is COOc1ccccc1C=O.[Cu]. The minimum Gasteiger partial charge on any atom is -0.337 e. The monoisotopic (exact) mass is 215 g/mol. The van der Waals surface area contributed by atoms with E-state index in [0.717, 1.165) is 0 Å². The van der Waals surface area contributed by atoms with E-state index in [4.69, 9.17) is 4.89 Å². The summed E-state index contributed by atoms with van der Waals surface area (Å²) in [4.78, 5) is 19.5. The Bertz CT molecular complexity index is 250. The van der Waals surface area contributed by atoms with Crippen molar-refractivity contribution < 1.29 is 31.6 Å². The van der Waals surface area contributed by atoms with Gasteiger partial charge in [0, 0.05) is 17.1 Å². The largest absolute Gasteiger partial charge is 0.337 e. The van der Waals surface area contributed by atoms with Crippen LogP contribution in [0.2, 0.25) is 0 Å². The summed E-state index contributed by atoms with van der Waals surface area (Å²) in [7, 11) is 1.39. The first-order chi connectivity index (χ1) is 5.38. The molecule has 1 aromatic carbocycles. The van der Waals surface area contributed by atoms with Gasteiger partial charge >= 0.3 is 0 Å². The van der Waals surface area contributed by atoms with Gasteiger partial charge in [-0.1, -0.05) is 12.1 Å². The third kappa shape index (κ3) is 2.66. The maximum atomic E-state index is 10.4. The fourth-order valence-electron chi connectivity index (χ4n) is 0.744. The van der Waals surface area contributed by atoms with Crippen LogP contribution in [0.4, 0.5) is 0 Å². The van der Waals surface area contributed by atoms with Crippen molar-refractivity contribution >= 4 is 6.29 Å². The van der Waals surface area contributed by atoms with Crippen molar-refractivity contribution in [3.8, 4) is 5.75 Å². The molecule has 12 heavy (non-hydrogen) atoms. The van der Waals surface area contributed by atoms with Crippen LogP contribution in [0.5, 0.6) is 5.75 Å². The van der Waals surface area contributed by atoms with E-state index in [-0.39, 0.29) is 17.1 Å². The van der Waals surface area contributed by atoms with Gasteiger partial charge in [0.2, 0.25) is 0 Å². The van der Waals surface area contributed by atoms with Crippen LogP contribution in [0.3, 0.4) is 0 Å². The van der Waals surface area contributed by atoms with Crippen LogP contribution in [0.1, 0.15) is 10.4 Å². The molecule has 0 heterocycles. The quantitative estimate of drug-likeness (QED) is 0.331. The first kappa shape index (κ1) is 11.2. The van der Waals surface area contributed by atoms with Crippen LogP contribution in [0.15, 0.2) is 24.3 Å². The molecule has 69 valence electrons. The van der Waals surface area contributed by atoms with Crippen molar-refractivity contribution in [1.82, 2.24) is 0 Å². The van der Waals surface area contributed by atoms with Crippen molar-refractivity contribution in [2.45, 2.75) is 0 Å². The van der Waals surface area contributed by atoms with E-state index in [0.29, 0.717) is 17.6 Å². The molecule has 1 radical (unpaired) electrons. The summed E-state index contributed by atoms with van der Waals surface area (Å²) >= 11 is 0. The summed E-state index contributed by atoms with van der Waals surface area (Å²) in [5.41, 5.74) is 0.481. The van der Waals surface area contributed by atoms with Crippen molar-refractivity contribution in [2.75, 3.05) is 7.11 Å². The molecule has 0 saturated heterocycles. The molecule has 0 aliphatic carbocycles. The van der Waals surface area contributed by atoms with Gasteiger partial charge in [-0.2, -0.15) is 4.89 Å². The van der Waals surface area contributed by atoms with Crippen molar-refractivity contribution in [2.24, 2.45) is 0 Å². The zero-order valence-electron chi connectivity index (χ0n) is 6.41. The summed E-state index contributed by atoms with van der Waals surface area (Å²) in [6.07, 6.45) is 0.717. The van der Waals surface area contributed by atoms with Gasteiger partial charge < -0.3 is 4.89 Å². The molecule has 0 aliphatic rings. The molecule has 0 N–H and O–H groups in total. The standard InChI is InChI=1S/C8H8O3.Cu/c1-10-11-8-5-3-2-4-7(8)6-9;/h2-6H,1H3;. The average Bonchev–Trinajstić information content (AvgIpc) is 2.06. The topological polar surface area (TPSA) is 35.5 Å². The van der Waals surface area contributed by atoms with Gasteiger partial charge in [0.05, 0.1) is 12.7 Å². The maximum absolute atomic E-state index is 10.4. The molecule has 0 bridgehead atoms. The Kier molecular flexibility index (Phi) is 5.37. The Balaban J connectivity index is 0.00000121. The van der Waals surface area contributed by atoms with E-state index in [1.54, 1.807) is 24.3 Å². The molecule has 0 atom stereocenters. The number of para-hydroxylation sites is 1. The van der Waals surface area contributed by atoms with Gasteiger partial charge in [-0.05, 0) is 12.1 Å². The van der Waals surface area contributed by atoms with Crippen molar-refractivity contribution in [1.29, 1.82) is 0 Å². The first-order valence-corrected chi connectivity index (χ1v) is 3.13. The van der Waals surface area contributed by atoms with E-state index in [9.17, 15) is 4.79 Å². The molecular weight excluding hydrogens is 208 g/mol. The molecule has 1 rings (SSSR count). The number of carbonyl (C=O) groups excluding carboxylic acids is 1. The summed E-state index contributed by atoms with van der Waals surface area (Å²) in [6.45, 7) is 0. The van der Waals surface area contributed by atoms with Crippen molar-refractivity contribution in [3.05, 3.63) is 29.8 Å². The Morgan fingerprint density at radius 1 is 1.33 bits per heavy atom. The molecule has 0 aromatic heterocycles. The van der Waals surface area contributed by atoms with E-state index < -0.39 is 0 Å². The second-order valence-electron chi connectivity index (χ2n) is 1.91. The Morgan fingerprint density at radius 2 is 2.00 bits per heavy atom. The van der Waals surface area contributed by atoms with E-state index in [1.807, 2.05) is 0 Å². The van der Waals surface area contributed by atoms with Crippen LogP contribution in [0.25, 0.3) is 0 Å². The van der Waals surface area contributed by atoms with Gasteiger partial charge in [0.1, 0.15) is 0 Å². The number of benzene rings is 1. The minimum atomic E-state index is 0. The smallest absolute Gasteiger partial charge is 0.175 e. The van der Waals surface area contributed by atoms with Crippen LogP contribution in [0, 0.1) is 0 Å². The number of aldehydes is 1. The summed E-state index contributed by atoms with van der Waals surface area (Å²) in [6, 6.07) is 6.84. The number of hydrogen-bond acceptors (Lipinski definition) is 3. The molecule has 0 amide bonds. The second kappa shape index (κ2) is 5.77. The second-order valence-corrected chi connectivity index (χ2v) is 1.91. The first-order valence-electron chi connectivity index (χ1n) is 3.13. The van der Waals surface area contributed by atoms with Gasteiger partial charge in [0.25, 0.3) is 0 Å².